The molecular formula is C28H32N6O4. The lowest BCUT2D eigenvalue weighted by Crippen LogP contribution is -2.45. The molecule has 0 unspecified atom stereocenters. The Morgan fingerprint density at radius 3 is 2.45 bits per heavy atom. The Morgan fingerprint density at radius 1 is 1.00 bits per heavy atom. The van der Waals surface area contributed by atoms with E-state index < -0.39 is 6.04 Å². The van der Waals surface area contributed by atoms with Crippen LogP contribution < -0.4 is 19.7 Å². The van der Waals surface area contributed by atoms with Gasteiger partial charge in [0.15, 0.2) is 11.5 Å². The number of nitrogens with zero attached hydrogens (tertiary/aromatic N) is 5. The molecule has 0 bridgehead atoms. The summed E-state index contributed by atoms with van der Waals surface area (Å²) < 4.78 is 12.4. The number of benzene rings is 2. The van der Waals surface area contributed by atoms with Crippen molar-refractivity contribution in [3.8, 4) is 11.5 Å². The molecule has 10 heteroatoms. The van der Waals surface area contributed by atoms with Crippen LogP contribution in [0.4, 0.5) is 5.69 Å². The molecular weight excluding hydrogens is 484 g/mol. The number of methoxy groups -OCH3 is 2. The van der Waals surface area contributed by atoms with Gasteiger partial charge in [0, 0.05) is 30.7 Å². The highest BCUT2D eigenvalue weighted by Gasteiger charge is 2.33. The summed E-state index contributed by atoms with van der Waals surface area (Å²) in [6.45, 7) is 4.54. The third-order valence-corrected chi connectivity index (χ3v) is 6.17. The van der Waals surface area contributed by atoms with Crippen molar-refractivity contribution in [2.24, 2.45) is 5.92 Å². The van der Waals surface area contributed by atoms with E-state index in [4.69, 9.17) is 9.47 Å². The van der Waals surface area contributed by atoms with Crippen molar-refractivity contribution in [3.63, 3.8) is 0 Å². The lowest BCUT2D eigenvalue weighted by molar-refractivity contribution is -0.127. The van der Waals surface area contributed by atoms with Gasteiger partial charge in [-0.3, -0.25) is 19.5 Å². The van der Waals surface area contributed by atoms with E-state index in [-0.39, 0.29) is 18.4 Å². The van der Waals surface area contributed by atoms with Crippen LogP contribution in [-0.2, 0) is 16.1 Å². The van der Waals surface area contributed by atoms with Crippen LogP contribution in [-0.4, -0.2) is 52.6 Å². The Bertz CT molecular complexity index is 1390. The second-order valence-corrected chi connectivity index (χ2v) is 9.20. The molecule has 1 N–H and O–H groups in total. The zero-order chi connectivity index (χ0) is 27.1. The Morgan fingerprint density at radius 2 is 1.74 bits per heavy atom. The minimum absolute atomic E-state index is 0.129. The van der Waals surface area contributed by atoms with Crippen molar-refractivity contribution in [3.05, 3.63) is 72.6 Å². The molecule has 0 aliphatic heterocycles. The van der Waals surface area contributed by atoms with Gasteiger partial charge in [-0.2, -0.15) is 0 Å². The minimum atomic E-state index is -0.967. The highest BCUT2D eigenvalue weighted by Crippen LogP contribution is 2.35. The second-order valence-electron chi connectivity index (χ2n) is 9.20. The van der Waals surface area contributed by atoms with Crippen molar-refractivity contribution in [1.29, 1.82) is 0 Å². The van der Waals surface area contributed by atoms with Crippen LogP contribution in [0.15, 0.2) is 67.0 Å². The summed E-state index contributed by atoms with van der Waals surface area (Å²) in [6, 6.07) is 15.0. The first-order valence-electron chi connectivity index (χ1n) is 12.4. The number of pyridine rings is 1. The number of carbonyl (C=O) groups is 2. The number of ether oxygens (including phenoxy) is 2. The van der Waals surface area contributed by atoms with Gasteiger partial charge < -0.3 is 14.8 Å². The van der Waals surface area contributed by atoms with Crippen LogP contribution in [0.3, 0.4) is 0 Å². The van der Waals surface area contributed by atoms with E-state index in [2.05, 4.69) is 34.5 Å². The van der Waals surface area contributed by atoms with Gasteiger partial charge in [0.05, 0.1) is 19.7 Å². The highest BCUT2D eigenvalue weighted by atomic mass is 16.5. The number of aromatic nitrogens is 4. The van der Waals surface area contributed by atoms with Gasteiger partial charge in [-0.25, -0.2) is 4.68 Å². The first kappa shape index (κ1) is 26.6. The summed E-state index contributed by atoms with van der Waals surface area (Å²) >= 11 is 0. The van der Waals surface area contributed by atoms with Gasteiger partial charge >= 0.3 is 0 Å². The van der Waals surface area contributed by atoms with Gasteiger partial charge in [-0.1, -0.05) is 31.2 Å². The maximum Gasteiger partial charge on any atom is 0.249 e. The fourth-order valence-electron chi connectivity index (χ4n) is 4.19. The molecule has 0 saturated heterocycles. The third-order valence-electron chi connectivity index (χ3n) is 6.17. The van der Waals surface area contributed by atoms with Gasteiger partial charge in [-0.15, -0.1) is 5.10 Å². The number of para-hydroxylation sites is 1. The van der Waals surface area contributed by atoms with E-state index in [1.807, 2.05) is 24.3 Å². The van der Waals surface area contributed by atoms with E-state index in [0.717, 1.165) is 11.9 Å². The standard InChI is InChI=1S/C28H32N6O4/c1-19(2)11-16-30-28(36)27(20-12-14-29-15-13-20)34(21-9-10-24(37-3)25(17-21)38-4)26(35)18-33-23-8-6-5-7-22(23)31-32-33/h5-10,12-15,17,19,27H,11,16,18H2,1-4H3,(H,30,36)/t27-/m0/s1. The first-order chi connectivity index (χ1) is 18.4. The number of hydrogen-bond donors (Lipinski definition) is 1. The topological polar surface area (TPSA) is 111 Å². The van der Waals surface area contributed by atoms with Crippen molar-refractivity contribution < 1.29 is 19.1 Å². The van der Waals surface area contributed by atoms with Crippen LogP contribution in [0.5, 0.6) is 11.5 Å². The molecule has 2 amide bonds. The van der Waals surface area contributed by atoms with Crippen molar-refractivity contribution >= 4 is 28.5 Å². The molecule has 1 atom stereocenters. The minimum Gasteiger partial charge on any atom is -0.493 e. The van der Waals surface area contributed by atoms with Crippen LogP contribution >= 0.6 is 0 Å². The normalized spacial score (nSPS) is 11.8. The molecule has 2 aromatic carbocycles. The fraction of sp³-hybridized carbons (Fsp3) is 0.321. The fourth-order valence-corrected chi connectivity index (χ4v) is 4.19. The molecule has 0 aliphatic carbocycles. The average Bonchev–Trinajstić information content (AvgIpc) is 3.34. The molecule has 198 valence electrons. The number of amides is 2. The number of fused-ring (bicyclic) bond motifs is 1. The van der Waals surface area contributed by atoms with Crippen LogP contribution in [0.25, 0.3) is 11.0 Å². The Labute approximate surface area is 221 Å². The van der Waals surface area contributed by atoms with Crippen molar-refractivity contribution in [1.82, 2.24) is 25.3 Å². The Balaban J connectivity index is 1.79. The number of rotatable bonds is 11. The van der Waals surface area contributed by atoms with Crippen LogP contribution in [0.1, 0.15) is 31.9 Å². The molecule has 2 heterocycles. The van der Waals surface area contributed by atoms with Crippen molar-refractivity contribution in [2.75, 3.05) is 25.7 Å². The molecule has 4 rings (SSSR count). The van der Waals surface area contributed by atoms with Gasteiger partial charge in [0.2, 0.25) is 11.8 Å². The Hall–Kier alpha value is -4.47. The molecule has 10 nitrogen and oxygen atoms in total. The molecule has 4 aromatic rings. The van der Waals surface area contributed by atoms with Gasteiger partial charge in [0.1, 0.15) is 18.1 Å². The van der Waals surface area contributed by atoms with Gasteiger partial charge in [0.25, 0.3) is 0 Å². The van der Waals surface area contributed by atoms with Crippen LogP contribution in [0.2, 0.25) is 0 Å². The highest BCUT2D eigenvalue weighted by molar-refractivity contribution is 6.01. The summed E-state index contributed by atoms with van der Waals surface area (Å²) in [7, 11) is 3.06. The number of nitrogens with one attached hydrogen (secondary N) is 1. The maximum atomic E-state index is 14.1. The molecule has 0 spiro atoms. The molecule has 0 aliphatic rings. The molecule has 0 fully saturated rings. The van der Waals surface area contributed by atoms with E-state index in [1.54, 1.807) is 42.7 Å². The maximum absolute atomic E-state index is 14.1. The predicted octanol–water partition coefficient (Wildman–Crippen LogP) is 3.78. The predicted molar refractivity (Wildman–Crippen MR) is 144 cm³/mol. The molecule has 0 saturated carbocycles. The molecule has 38 heavy (non-hydrogen) atoms. The second kappa shape index (κ2) is 12.2. The first-order valence-corrected chi connectivity index (χ1v) is 12.4. The number of anilines is 1. The summed E-state index contributed by atoms with van der Waals surface area (Å²) in [5.74, 6) is 0.700. The molecule has 0 radical (unpaired) electrons. The van der Waals surface area contributed by atoms with Crippen LogP contribution in [0, 0.1) is 5.92 Å². The zero-order valence-electron chi connectivity index (χ0n) is 22.0. The van der Waals surface area contributed by atoms with E-state index in [1.165, 1.54) is 23.8 Å². The quantitative estimate of drug-likeness (QED) is 0.323. The lowest BCUT2D eigenvalue weighted by Gasteiger charge is -2.32. The zero-order valence-corrected chi connectivity index (χ0v) is 22.0. The smallest absolute Gasteiger partial charge is 0.249 e. The largest absolute Gasteiger partial charge is 0.493 e. The van der Waals surface area contributed by atoms with Crippen molar-refractivity contribution in [2.45, 2.75) is 32.9 Å². The average molecular weight is 517 g/mol. The van der Waals surface area contributed by atoms with E-state index in [9.17, 15) is 9.59 Å². The summed E-state index contributed by atoms with van der Waals surface area (Å²) in [4.78, 5) is 33.4. The number of carbonyl (C=O) groups excluding carboxylic acids is 2. The third kappa shape index (κ3) is 5.91. The van der Waals surface area contributed by atoms with E-state index >= 15 is 0 Å². The van der Waals surface area contributed by atoms with Gasteiger partial charge in [-0.05, 0) is 54.3 Å². The summed E-state index contributed by atoms with van der Waals surface area (Å²) in [6.07, 6.45) is 4.02. The summed E-state index contributed by atoms with van der Waals surface area (Å²) in [5, 5.41) is 11.4. The SMILES string of the molecule is COc1ccc(N(C(=O)Cn2nnc3ccccc32)[C@H](C(=O)NCCC(C)C)c2ccncc2)cc1OC. The number of hydrogen-bond acceptors (Lipinski definition) is 7. The lowest BCUT2D eigenvalue weighted by atomic mass is 10.0. The summed E-state index contributed by atoms with van der Waals surface area (Å²) in [5.41, 5.74) is 2.48. The van der Waals surface area contributed by atoms with E-state index in [0.29, 0.717) is 40.7 Å². The molecule has 2 aromatic heterocycles. The Kier molecular flexibility index (Phi) is 8.52. The monoisotopic (exact) mass is 516 g/mol.